The highest BCUT2D eigenvalue weighted by Gasteiger charge is 2.37. The van der Waals surface area contributed by atoms with E-state index in [0.29, 0.717) is 25.7 Å². The van der Waals surface area contributed by atoms with Crippen molar-refractivity contribution < 1.29 is 17.9 Å². The van der Waals surface area contributed by atoms with Crippen LogP contribution in [-0.4, -0.2) is 66.8 Å². The fourth-order valence-electron chi connectivity index (χ4n) is 4.51. The van der Waals surface area contributed by atoms with Crippen LogP contribution in [0.25, 0.3) is 0 Å². The lowest BCUT2D eigenvalue weighted by Crippen LogP contribution is -2.56. The van der Waals surface area contributed by atoms with E-state index in [2.05, 4.69) is 65.3 Å². The molecule has 0 unspecified atom stereocenters. The molecule has 1 saturated heterocycles. The molecule has 5 nitrogen and oxygen atoms in total. The zero-order chi connectivity index (χ0) is 24.6. The van der Waals surface area contributed by atoms with Gasteiger partial charge in [0.1, 0.15) is 11.5 Å². The van der Waals surface area contributed by atoms with Crippen molar-refractivity contribution in [3.63, 3.8) is 0 Å². The van der Waals surface area contributed by atoms with E-state index >= 15 is 0 Å². The van der Waals surface area contributed by atoms with Crippen molar-refractivity contribution in [3.05, 3.63) is 59.8 Å². The molecule has 2 heterocycles. The lowest BCUT2D eigenvalue weighted by atomic mass is 9.88. The van der Waals surface area contributed by atoms with Gasteiger partial charge in [-0.05, 0) is 43.5 Å². The summed E-state index contributed by atoms with van der Waals surface area (Å²) in [6, 6.07) is 14.5. The number of alkyl halides is 3. The molecule has 34 heavy (non-hydrogen) atoms. The van der Waals surface area contributed by atoms with Gasteiger partial charge in [0.2, 0.25) is 0 Å². The van der Waals surface area contributed by atoms with E-state index < -0.39 is 11.9 Å². The minimum atomic E-state index is -4.45. The number of pyridine rings is 1. The first-order valence-electron chi connectivity index (χ1n) is 12.0. The molecule has 0 bridgehead atoms. The molecule has 0 spiro atoms. The summed E-state index contributed by atoms with van der Waals surface area (Å²) in [6.07, 6.45) is -2.82. The van der Waals surface area contributed by atoms with Crippen molar-refractivity contribution >= 4 is 5.82 Å². The maximum atomic E-state index is 13.1. The summed E-state index contributed by atoms with van der Waals surface area (Å²) in [6.45, 7) is 9.93. The van der Waals surface area contributed by atoms with Crippen molar-refractivity contribution in [1.29, 1.82) is 0 Å². The van der Waals surface area contributed by atoms with Crippen molar-refractivity contribution in [1.82, 2.24) is 14.8 Å². The summed E-state index contributed by atoms with van der Waals surface area (Å²) in [5.74, 6) is 0.805. The number of hydrogen-bond acceptors (Lipinski definition) is 5. The highest BCUT2D eigenvalue weighted by atomic mass is 19.4. The van der Waals surface area contributed by atoms with E-state index in [4.69, 9.17) is 4.74 Å². The molecule has 0 radical (unpaired) electrons. The Kier molecular flexibility index (Phi) is 9.33. The second kappa shape index (κ2) is 12.0. The average Bonchev–Trinajstić information content (AvgIpc) is 2.81. The average molecular weight is 479 g/mol. The lowest BCUT2D eigenvalue weighted by molar-refractivity contribution is -0.141. The van der Waals surface area contributed by atoms with Crippen molar-refractivity contribution in [3.8, 4) is 0 Å². The number of nitrogens with zero attached hydrogens (tertiary/aromatic N) is 3. The molecule has 0 amide bonds. The zero-order valence-corrected chi connectivity index (χ0v) is 20.4. The largest absolute Gasteiger partial charge is 0.433 e. The third-order valence-electron chi connectivity index (χ3n) is 6.50. The number of halogens is 3. The topological polar surface area (TPSA) is 40.6 Å². The summed E-state index contributed by atoms with van der Waals surface area (Å²) in [7, 11) is 2.11. The second-order valence-corrected chi connectivity index (χ2v) is 9.63. The molecule has 1 N–H and O–H groups in total. The van der Waals surface area contributed by atoms with E-state index in [0.717, 1.165) is 45.1 Å². The van der Waals surface area contributed by atoms with Crippen LogP contribution in [0.4, 0.5) is 19.0 Å². The van der Waals surface area contributed by atoms with Crippen molar-refractivity contribution in [2.24, 2.45) is 5.92 Å². The Hall–Kier alpha value is -2.16. The van der Waals surface area contributed by atoms with Gasteiger partial charge < -0.3 is 10.1 Å². The van der Waals surface area contributed by atoms with Gasteiger partial charge in [-0.3, -0.25) is 9.80 Å². The van der Waals surface area contributed by atoms with Crippen LogP contribution in [-0.2, 0) is 17.5 Å². The molecule has 1 aromatic carbocycles. The Balaban J connectivity index is 1.66. The van der Waals surface area contributed by atoms with E-state index in [9.17, 15) is 13.2 Å². The van der Waals surface area contributed by atoms with Gasteiger partial charge in [0.05, 0.1) is 0 Å². The van der Waals surface area contributed by atoms with Gasteiger partial charge in [-0.15, -0.1) is 0 Å². The highest BCUT2D eigenvalue weighted by molar-refractivity contribution is 5.36. The molecule has 3 rings (SSSR count). The van der Waals surface area contributed by atoms with Gasteiger partial charge in [0.25, 0.3) is 0 Å². The summed E-state index contributed by atoms with van der Waals surface area (Å²) in [4.78, 5) is 8.61. The minimum absolute atomic E-state index is 0.204. The number of hydrogen-bond donors (Lipinski definition) is 1. The monoisotopic (exact) mass is 478 g/mol. The van der Waals surface area contributed by atoms with E-state index in [1.807, 2.05) is 6.07 Å². The predicted octanol–water partition coefficient (Wildman–Crippen LogP) is 5.15. The number of ether oxygens (including phenoxy) is 1. The molecule has 0 saturated carbocycles. The van der Waals surface area contributed by atoms with Crippen LogP contribution in [0.2, 0.25) is 0 Å². The third kappa shape index (κ3) is 7.68. The fraction of sp³-hybridized carbons (Fsp3) is 0.577. The first-order valence-corrected chi connectivity index (χ1v) is 12.0. The minimum Gasteiger partial charge on any atom is -0.381 e. The Morgan fingerprint density at radius 1 is 1.03 bits per heavy atom. The molecular weight excluding hydrogens is 441 g/mol. The summed E-state index contributed by atoms with van der Waals surface area (Å²) in [5.41, 5.74) is 0.214. The first-order chi connectivity index (χ1) is 16.2. The SMILES string of the molecule is CC(C)CN(CCN(C)C1(CNc2cccc(C(F)(F)F)n2)CCOCC1)Cc1ccccc1. The first kappa shape index (κ1) is 26.4. The van der Waals surface area contributed by atoms with Gasteiger partial charge >= 0.3 is 6.18 Å². The molecular formula is C26H37F3N4O. The summed E-state index contributed by atoms with van der Waals surface area (Å²) in [5, 5.41) is 3.19. The van der Waals surface area contributed by atoms with Crippen LogP contribution < -0.4 is 5.32 Å². The molecule has 8 heteroatoms. The van der Waals surface area contributed by atoms with Crippen LogP contribution in [0.15, 0.2) is 48.5 Å². The van der Waals surface area contributed by atoms with E-state index in [1.165, 1.54) is 11.6 Å². The second-order valence-electron chi connectivity index (χ2n) is 9.63. The molecule has 1 aliphatic rings. The van der Waals surface area contributed by atoms with Crippen molar-refractivity contribution in [2.75, 3.05) is 51.8 Å². The molecule has 1 aliphatic heterocycles. The van der Waals surface area contributed by atoms with Crippen LogP contribution >= 0.6 is 0 Å². The molecule has 0 atom stereocenters. The van der Waals surface area contributed by atoms with Crippen LogP contribution in [0.3, 0.4) is 0 Å². The molecule has 0 aliphatic carbocycles. The zero-order valence-electron chi connectivity index (χ0n) is 20.4. The molecule has 1 fully saturated rings. The van der Waals surface area contributed by atoms with Gasteiger partial charge in [-0.2, -0.15) is 13.2 Å². The predicted molar refractivity (Wildman–Crippen MR) is 130 cm³/mol. The molecule has 188 valence electrons. The maximum absolute atomic E-state index is 13.1. The fourth-order valence-corrected chi connectivity index (χ4v) is 4.51. The van der Waals surface area contributed by atoms with Crippen LogP contribution in [0.5, 0.6) is 0 Å². The van der Waals surface area contributed by atoms with Gasteiger partial charge in [-0.25, -0.2) is 4.98 Å². The third-order valence-corrected chi connectivity index (χ3v) is 6.50. The highest BCUT2D eigenvalue weighted by Crippen LogP contribution is 2.30. The Morgan fingerprint density at radius 3 is 2.38 bits per heavy atom. The normalized spacial score (nSPS) is 16.4. The maximum Gasteiger partial charge on any atom is 0.433 e. The summed E-state index contributed by atoms with van der Waals surface area (Å²) < 4.78 is 44.8. The number of anilines is 1. The quantitative estimate of drug-likeness (QED) is 0.484. The van der Waals surface area contributed by atoms with Crippen LogP contribution in [0, 0.1) is 5.92 Å². The Bertz CT molecular complexity index is 870. The Labute approximate surface area is 201 Å². The Morgan fingerprint density at radius 2 is 1.74 bits per heavy atom. The number of aromatic nitrogens is 1. The van der Waals surface area contributed by atoms with E-state index in [1.54, 1.807) is 6.07 Å². The number of nitrogens with one attached hydrogen (secondary N) is 1. The number of likely N-dealkylation sites (N-methyl/N-ethyl adjacent to an activating group) is 1. The van der Waals surface area contributed by atoms with Gasteiger partial charge in [0.15, 0.2) is 0 Å². The number of rotatable bonds is 11. The van der Waals surface area contributed by atoms with E-state index in [-0.39, 0.29) is 11.4 Å². The van der Waals surface area contributed by atoms with Crippen LogP contribution in [0.1, 0.15) is 37.9 Å². The smallest absolute Gasteiger partial charge is 0.381 e. The standard InChI is InChI=1S/C26H37F3N4O/c1-21(2)18-33(19-22-8-5-4-6-9-22)15-14-32(3)25(12-16-34-17-13-25)20-30-24-11-7-10-23(31-24)26(27,28)29/h4-11,21H,12-20H2,1-3H3,(H,30,31). The number of benzene rings is 1. The lowest BCUT2D eigenvalue weighted by Gasteiger charge is -2.45. The van der Waals surface area contributed by atoms with Crippen molar-refractivity contribution in [2.45, 2.75) is 44.9 Å². The summed E-state index contributed by atoms with van der Waals surface area (Å²) >= 11 is 0. The molecule has 1 aromatic heterocycles. The molecule has 2 aromatic rings. The van der Waals surface area contributed by atoms with Gasteiger partial charge in [0, 0.05) is 51.5 Å². The van der Waals surface area contributed by atoms with Gasteiger partial charge in [-0.1, -0.05) is 50.2 Å².